The first-order chi connectivity index (χ1) is 7.29. The van der Waals surface area contributed by atoms with Gasteiger partial charge in [0.15, 0.2) is 0 Å². The van der Waals surface area contributed by atoms with E-state index in [1.807, 2.05) is 0 Å². The van der Waals surface area contributed by atoms with Crippen LogP contribution in [0.5, 0.6) is 0 Å². The first-order valence-electron chi connectivity index (χ1n) is 6.83. The monoisotopic (exact) mass is 208 g/mol. The van der Waals surface area contributed by atoms with Gasteiger partial charge in [0.05, 0.1) is 0 Å². The van der Waals surface area contributed by atoms with E-state index in [4.69, 9.17) is 0 Å². The molecule has 2 aliphatic rings. The van der Waals surface area contributed by atoms with Gasteiger partial charge in [-0.15, -0.1) is 0 Å². The highest BCUT2D eigenvalue weighted by atomic mass is 16.1. The average Bonchev–Trinajstić information content (AvgIpc) is 2.31. The predicted molar refractivity (Wildman–Crippen MR) is 62.8 cm³/mol. The molecule has 0 heterocycles. The zero-order valence-corrected chi connectivity index (χ0v) is 10.1. The summed E-state index contributed by atoms with van der Waals surface area (Å²) in [4.78, 5) is 12.2. The molecule has 0 bridgehead atoms. The van der Waals surface area contributed by atoms with Crippen molar-refractivity contribution in [3.05, 3.63) is 0 Å². The van der Waals surface area contributed by atoms with Crippen LogP contribution in [0.15, 0.2) is 0 Å². The third-order valence-corrected chi connectivity index (χ3v) is 4.85. The third-order valence-electron chi connectivity index (χ3n) is 4.85. The zero-order chi connectivity index (χ0) is 10.7. The summed E-state index contributed by atoms with van der Waals surface area (Å²) in [6.07, 6.45) is 12.3. The van der Waals surface area contributed by atoms with Gasteiger partial charge in [-0.25, -0.2) is 0 Å². The Hall–Kier alpha value is -0.330. The summed E-state index contributed by atoms with van der Waals surface area (Å²) in [6, 6.07) is 0. The largest absolute Gasteiger partial charge is 0.299 e. The van der Waals surface area contributed by atoms with Gasteiger partial charge in [0.1, 0.15) is 5.78 Å². The maximum absolute atomic E-state index is 12.2. The number of Topliss-reactive ketones (excluding diaryl/α,β-unsaturated/α-hetero) is 1. The van der Waals surface area contributed by atoms with Crippen LogP contribution in [0.3, 0.4) is 0 Å². The molecule has 0 aliphatic heterocycles. The second-order valence-electron chi connectivity index (χ2n) is 5.47. The molecule has 0 aromatic heterocycles. The van der Waals surface area contributed by atoms with Crippen LogP contribution in [0.2, 0.25) is 0 Å². The van der Waals surface area contributed by atoms with Crippen molar-refractivity contribution in [2.75, 3.05) is 0 Å². The van der Waals surface area contributed by atoms with E-state index in [0.29, 0.717) is 5.78 Å². The Labute approximate surface area is 93.6 Å². The summed E-state index contributed by atoms with van der Waals surface area (Å²) < 4.78 is 0. The van der Waals surface area contributed by atoms with Gasteiger partial charge in [-0.2, -0.15) is 0 Å². The Morgan fingerprint density at radius 2 is 1.87 bits per heavy atom. The molecule has 1 unspecified atom stereocenters. The molecule has 1 atom stereocenters. The van der Waals surface area contributed by atoms with E-state index in [9.17, 15) is 4.79 Å². The van der Waals surface area contributed by atoms with Crippen LogP contribution in [0, 0.1) is 11.3 Å². The number of hydrogen-bond donors (Lipinski definition) is 0. The van der Waals surface area contributed by atoms with Gasteiger partial charge in [-0.3, -0.25) is 4.79 Å². The first-order valence-corrected chi connectivity index (χ1v) is 6.83. The summed E-state index contributed by atoms with van der Waals surface area (Å²) in [5, 5.41) is 0. The lowest BCUT2D eigenvalue weighted by Gasteiger charge is -2.43. The minimum Gasteiger partial charge on any atom is -0.299 e. The Bertz CT molecular complexity index is 227. The van der Waals surface area contributed by atoms with Gasteiger partial charge in [0.25, 0.3) is 0 Å². The molecule has 0 amide bonds. The molecule has 2 aliphatic carbocycles. The molecular weight excluding hydrogens is 184 g/mol. The Morgan fingerprint density at radius 3 is 2.47 bits per heavy atom. The Kier molecular flexibility index (Phi) is 3.48. The Balaban J connectivity index is 2.14. The molecule has 0 N–H and O–H groups in total. The molecular formula is C14H24O. The van der Waals surface area contributed by atoms with Crippen LogP contribution < -0.4 is 0 Å². The highest BCUT2D eigenvalue weighted by molar-refractivity contribution is 5.85. The van der Waals surface area contributed by atoms with Gasteiger partial charge in [-0.05, 0) is 38.0 Å². The van der Waals surface area contributed by atoms with E-state index in [2.05, 4.69) is 6.92 Å². The number of rotatable bonds is 2. The molecule has 0 spiro atoms. The normalized spacial score (nSPS) is 34.3. The molecule has 15 heavy (non-hydrogen) atoms. The Morgan fingerprint density at radius 1 is 1.13 bits per heavy atom. The average molecular weight is 208 g/mol. The van der Waals surface area contributed by atoms with Gasteiger partial charge in [-0.1, -0.05) is 32.6 Å². The highest BCUT2D eigenvalue weighted by Crippen LogP contribution is 2.48. The number of hydrogen-bond acceptors (Lipinski definition) is 1. The van der Waals surface area contributed by atoms with E-state index in [0.717, 1.165) is 25.2 Å². The van der Waals surface area contributed by atoms with Crippen molar-refractivity contribution in [2.24, 2.45) is 11.3 Å². The molecule has 2 fully saturated rings. The summed E-state index contributed by atoms with van der Waals surface area (Å²) in [7, 11) is 0. The van der Waals surface area contributed by atoms with Crippen LogP contribution in [-0.4, -0.2) is 5.78 Å². The first kappa shape index (κ1) is 11.2. The third kappa shape index (κ3) is 1.98. The summed E-state index contributed by atoms with van der Waals surface area (Å²) in [5.41, 5.74) is 0.110. The second kappa shape index (κ2) is 4.67. The van der Waals surface area contributed by atoms with E-state index < -0.39 is 0 Å². The SMILES string of the molecule is CCC1(C2CCCCC2)CCCCC1=O. The molecule has 86 valence electrons. The number of carbonyl (C=O) groups is 1. The van der Waals surface area contributed by atoms with Crippen LogP contribution in [0.1, 0.15) is 71.1 Å². The van der Waals surface area contributed by atoms with Crippen LogP contribution in [0.4, 0.5) is 0 Å². The van der Waals surface area contributed by atoms with Crippen LogP contribution >= 0.6 is 0 Å². The van der Waals surface area contributed by atoms with E-state index in [-0.39, 0.29) is 5.41 Å². The van der Waals surface area contributed by atoms with E-state index in [1.165, 1.54) is 44.9 Å². The maximum Gasteiger partial charge on any atom is 0.139 e. The molecule has 0 aromatic carbocycles. The van der Waals surface area contributed by atoms with Crippen LogP contribution in [-0.2, 0) is 4.79 Å². The van der Waals surface area contributed by atoms with Gasteiger partial charge in [0.2, 0.25) is 0 Å². The fourth-order valence-electron chi connectivity index (χ4n) is 3.86. The van der Waals surface area contributed by atoms with Crippen molar-refractivity contribution in [2.45, 2.75) is 71.1 Å². The van der Waals surface area contributed by atoms with E-state index >= 15 is 0 Å². The zero-order valence-electron chi connectivity index (χ0n) is 10.1. The standard InChI is InChI=1S/C14H24O/c1-2-14(11-7-6-10-13(14)15)12-8-4-3-5-9-12/h12H,2-11H2,1H3. The summed E-state index contributed by atoms with van der Waals surface area (Å²) >= 11 is 0. The molecule has 2 rings (SSSR count). The lowest BCUT2D eigenvalue weighted by Crippen LogP contribution is -2.41. The molecule has 1 heteroatoms. The molecule has 0 radical (unpaired) electrons. The highest BCUT2D eigenvalue weighted by Gasteiger charge is 2.44. The quantitative estimate of drug-likeness (QED) is 0.667. The summed E-state index contributed by atoms with van der Waals surface area (Å²) in [5.74, 6) is 1.33. The van der Waals surface area contributed by atoms with Crippen molar-refractivity contribution in [3.8, 4) is 0 Å². The lowest BCUT2D eigenvalue weighted by molar-refractivity contribution is -0.136. The van der Waals surface area contributed by atoms with E-state index in [1.54, 1.807) is 0 Å². The lowest BCUT2D eigenvalue weighted by atomic mass is 9.60. The van der Waals surface area contributed by atoms with Crippen LogP contribution in [0.25, 0.3) is 0 Å². The van der Waals surface area contributed by atoms with Crippen molar-refractivity contribution in [1.29, 1.82) is 0 Å². The molecule has 0 aromatic rings. The maximum atomic E-state index is 12.2. The smallest absolute Gasteiger partial charge is 0.139 e. The van der Waals surface area contributed by atoms with Crippen molar-refractivity contribution in [3.63, 3.8) is 0 Å². The minimum absolute atomic E-state index is 0.110. The van der Waals surface area contributed by atoms with Gasteiger partial charge >= 0.3 is 0 Å². The fraction of sp³-hybridized carbons (Fsp3) is 0.929. The fourth-order valence-corrected chi connectivity index (χ4v) is 3.86. The molecule has 1 nitrogen and oxygen atoms in total. The van der Waals surface area contributed by atoms with Crippen molar-refractivity contribution >= 4 is 5.78 Å². The minimum atomic E-state index is 0.110. The second-order valence-corrected chi connectivity index (χ2v) is 5.47. The number of ketones is 1. The van der Waals surface area contributed by atoms with Crippen molar-refractivity contribution < 1.29 is 4.79 Å². The molecule has 2 saturated carbocycles. The van der Waals surface area contributed by atoms with Gasteiger partial charge in [0, 0.05) is 11.8 Å². The molecule has 0 saturated heterocycles. The van der Waals surface area contributed by atoms with Crippen molar-refractivity contribution in [1.82, 2.24) is 0 Å². The topological polar surface area (TPSA) is 17.1 Å². The predicted octanol–water partition coefficient (Wildman–Crippen LogP) is 4.11. The van der Waals surface area contributed by atoms with Gasteiger partial charge < -0.3 is 0 Å². The number of carbonyl (C=O) groups excluding carboxylic acids is 1. The summed E-state index contributed by atoms with van der Waals surface area (Å²) in [6.45, 7) is 2.23.